The number of anilines is 3. The molecule has 4 aromatic carbocycles. The van der Waals surface area contributed by atoms with Crippen LogP contribution in [0.15, 0.2) is 127 Å². The number of imide groups is 1. The van der Waals surface area contributed by atoms with Crippen molar-refractivity contribution in [2.75, 3.05) is 4.90 Å². The molecule has 2 amide bonds. The van der Waals surface area contributed by atoms with Gasteiger partial charge in [0.2, 0.25) is 5.91 Å². The van der Waals surface area contributed by atoms with Gasteiger partial charge >= 0.3 is 0 Å². The van der Waals surface area contributed by atoms with Gasteiger partial charge in [-0.05, 0) is 58.7 Å². The zero-order valence-electron chi connectivity index (χ0n) is 25.7. The Hall–Kier alpha value is -5.25. The van der Waals surface area contributed by atoms with Crippen LogP contribution in [0, 0.1) is 6.57 Å². The number of hydrogen-bond acceptors (Lipinski definition) is 4. The molecule has 5 aromatic rings. The van der Waals surface area contributed by atoms with E-state index in [0.29, 0.717) is 4.88 Å². The number of hydrogen-bond donors (Lipinski definition) is 1. The standard InChI is InChI=1S/C39H33N3O2S/c1-38(2,26-12-8-6-9-13-26)28-16-20-30(21-17-28)42(33-25-24-32(45-33)34-35(40-5)37(44)41-36(34)43)31-22-18-29(19-23-31)39(3,4)27-14-10-7-11-15-27/h6-25H,1-4H3,(H,41,43,44). The van der Waals surface area contributed by atoms with E-state index in [9.17, 15) is 9.59 Å². The van der Waals surface area contributed by atoms with Crippen LogP contribution >= 0.6 is 11.3 Å². The number of nitrogens with zero attached hydrogens (tertiary/aromatic N) is 2. The molecule has 0 spiro atoms. The second kappa shape index (κ2) is 11.7. The van der Waals surface area contributed by atoms with Crippen molar-refractivity contribution in [1.29, 1.82) is 0 Å². The molecule has 1 N–H and O–H groups in total. The van der Waals surface area contributed by atoms with Crippen molar-refractivity contribution in [3.63, 3.8) is 0 Å². The Labute approximate surface area is 268 Å². The largest absolute Gasteiger partial charge is 0.302 e. The summed E-state index contributed by atoms with van der Waals surface area (Å²) >= 11 is 1.38. The van der Waals surface area contributed by atoms with Crippen molar-refractivity contribution in [3.05, 3.63) is 166 Å². The molecule has 0 saturated carbocycles. The second-order valence-electron chi connectivity index (χ2n) is 12.2. The Morgan fingerprint density at radius 2 is 1.04 bits per heavy atom. The van der Waals surface area contributed by atoms with E-state index >= 15 is 0 Å². The molecule has 2 heterocycles. The Kier molecular flexibility index (Phi) is 7.74. The van der Waals surface area contributed by atoms with Crippen molar-refractivity contribution in [2.45, 2.75) is 38.5 Å². The van der Waals surface area contributed by atoms with E-state index in [2.05, 4.69) is 140 Å². The van der Waals surface area contributed by atoms with Gasteiger partial charge in [-0.2, -0.15) is 0 Å². The molecule has 6 heteroatoms. The fourth-order valence-corrected chi connectivity index (χ4v) is 6.96. The molecule has 1 aliphatic heterocycles. The molecule has 0 aliphatic carbocycles. The van der Waals surface area contributed by atoms with Gasteiger partial charge in [0.1, 0.15) is 5.00 Å². The minimum Gasteiger partial charge on any atom is -0.302 e. The smallest absolute Gasteiger partial charge is 0.264 e. The minimum atomic E-state index is -0.648. The highest BCUT2D eigenvalue weighted by molar-refractivity contribution is 7.17. The Balaban J connectivity index is 1.42. The number of benzene rings is 4. The molecule has 0 unspecified atom stereocenters. The summed E-state index contributed by atoms with van der Waals surface area (Å²) in [6, 6.07) is 41.9. The van der Waals surface area contributed by atoms with E-state index in [1.165, 1.54) is 33.6 Å². The van der Waals surface area contributed by atoms with Gasteiger partial charge in [0, 0.05) is 27.1 Å². The van der Waals surface area contributed by atoms with Crippen molar-refractivity contribution in [3.8, 4) is 0 Å². The Morgan fingerprint density at radius 1 is 0.600 bits per heavy atom. The molecule has 0 bridgehead atoms. The molecular weight excluding hydrogens is 575 g/mol. The zero-order valence-corrected chi connectivity index (χ0v) is 26.5. The SMILES string of the molecule is [C-]#[N+]C1=C(c2ccc(N(c3ccc(C(C)(C)c4ccccc4)cc3)c3ccc(C(C)(C)c4ccccc4)cc3)s2)C(=O)NC1=O. The molecular formula is C39H33N3O2S. The lowest BCUT2D eigenvalue weighted by molar-refractivity contribution is -0.123. The van der Waals surface area contributed by atoms with E-state index in [4.69, 9.17) is 6.57 Å². The fourth-order valence-electron chi connectivity index (χ4n) is 5.86. The van der Waals surface area contributed by atoms with E-state index in [1.54, 1.807) is 0 Å². The molecule has 0 radical (unpaired) electrons. The first-order valence-corrected chi connectivity index (χ1v) is 15.6. The van der Waals surface area contributed by atoms with E-state index < -0.39 is 11.8 Å². The fraction of sp³-hybridized carbons (Fsp3) is 0.154. The summed E-state index contributed by atoms with van der Waals surface area (Å²) in [4.78, 5) is 30.9. The van der Waals surface area contributed by atoms with Crippen LogP contribution in [0.25, 0.3) is 10.4 Å². The number of carbonyl (C=O) groups excluding carboxylic acids is 2. The number of amides is 2. The maximum atomic E-state index is 12.6. The summed E-state index contributed by atoms with van der Waals surface area (Å²) in [6.45, 7) is 16.4. The van der Waals surface area contributed by atoms with Gasteiger partial charge in [-0.25, -0.2) is 4.85 Å². The first-order valence-electron chi connectivity index (χ1n) is 14.8. The minimum absolute atomic E-state index is 0.131. The van der Waals surface area contributed by atoms with Crippen LogP contribution in [-0.2, 0) is 20.4 Å². The van der Waals surface area contributed by atoms with Gasteiger partial charge < -0.3 is 4.90 Å². The molecule has 0 saturated heterocycles. The lowest BCUT2D eigenvalue weighted by Gasteiger charge is -2.29. The molecule has 1 aromatic heterocycles. The van der Waals surface area contributed by atoms with Gasteiger partial charge in [-0.3, -0.25) is 14.9 Å². The van der Waals surface area contributed by atoms with Gasteiger partial charge in [-0.15, -0.1) is 11.3 Å². The Morgan fingerprint density at radius 3 is 1.49 bits per heavy atom. The van der Waals surface area contributed by atoms with Crippen molar-refractivity contribution in [2.24, 2.45) is 0 Å². The van der Waals surface area contributed by atoms with Crippen LogP contribution in [0.4, 0.5) is 16.4 Å². The van der Waals surface area contributed by atoms with Crippen molar-refractivity contribution in [1.82, 2.24) is 5.32 Å². The number of carbonyl (C=O) groups is 2. The monoisotopic (exact) mass is 607 g/mol. The van der Waals surface area contributed by atoms with E-state index in [-0.39, 0.29) is 22.1 Å². The third-order valence-corrected chi connectivity index (χ3v) is 9.85. The number of nitrogens with one attached hydrogen (secondary N) is 1. The van der Waals surface area contributed by atoms with Crippen LogP contribution in [0.3, 0.4) is 0 Å². The quantitative estimate of drug-likeness (QED) is 0.141. The summed E-state index contributed by atoms with van der Waals surface area (Å²) in [5.41, 5.74) is 6.37. The first kappa shape index (κ1) is 29.8. The molecule has 222 valence electrons. The van der Waals surface area contributed by atoms with Crippen LogP contribution in [0.1, 0.15) is 54.8 Å². The molecule has 45 heavy (non-hydrogen) atoms. The van der Waals surface area contributed by atoms with Crippen LogP contribution < -0.4 is 10.2 Å². The van der Waals surface area contributed by atoms with Crippen molar-refractivity contribution < 1.29 is 9.59 Å². The molecule has 0 fully saturated rings. The Bertz CT molecular complexity index is 1850. The summed E-state index contributed by atoms with van der Waals surface area (Å²) in [7, 11) is 0. The van der Waals surface area contributed by atoms with Crippen LogP contribution in [0.5, 0.6) is 0 Å². The average molecular weight is 608 g/mol. The summed E-state index contributed by atoms with van der Waals surface area (Å²) in [5.74, 6) is -1.18. The van der Waals surface area contributed by atoms with Crippen molar-refractivity contribution >= 4 is 45.1 Å². The molecule has 0 atom stereocenters. The van der Waals surface area contributed by atoms with Crippen LogP contribution in [-0.4, -0.2) is 11.8 Å². The number of thiophene rings is 1. The number of rotatable bonds is 8. The van der Waals surface area contributed by atoms with Crippen LogP contribution in [0.2, 0.25) is 0 Å². The lowest BCUT2D eigenvalue weighted by atomic mass is 9.78. The first-order chi connectivity index (χ1) is 21.6. The van der Waals surface area contributed by atoms with E-state index in [0.717, 1.165) is 16.4 Å². The maximum Gasteiger partial charge on any atom is 0.264 e. The summed E-state index contributed by atoms with van der Waals surface area (Å²) in [6.07, 6.45) is 0. The predicted octanol–water partition coefficient (Wildman–Crippen LogP) is 9.16. The third kappa shape index (κ3) is 5.48. The average Bonchev–Trinajstić information content (AvgIpc) is 3.65. The summed E-state index contributed by atoms with van der Waals surface area (Å²) < 4.78 is 0. The lowest BCUT2D eigenvalue weighted by Crippen LogP contribution is -2.22. The predicted molar refractivity (Wildman–Crippen MR) is 183 cm³/mol. The molecule has 1 aliphatic rings. The van der Waals surface area contributed by atoms with Gasteiger partial charge in [-0.1, -0.05) is 113 Å². The highest BCUT2D eigenvalue weighted by Crippen LogP contribution is 2.43. The zero-order chi connectivity index (χ0) is 31.8. The second-order valence-corrected chi connectivity index (χ2v) is 13.2. The topological polar surface area (TPSA) is 53.8 Å². The highest BCUT2D eigenvalue weighted by atomic mass is 32.1. The molecule has 6 rings (SSSR count). The normalized spacial score (nSPS) is 13.5. The van der Waals surface area contributed by atoms with E-state index in [1.807, 2.05) is 24.3 Å². The van der Waals surface area contributed by atoms with Gasteiger partial charge in [0.25, 0.3) is 11.6 Å². The highest BCUT2D eigenvalue weighted by Gasteiger charge is 2.33. The van der Waals surface area contributed by atoms with Gasteiger partial charge in [0.15, 0.2) is 0 Å². The molecule has 5 nitrogen and oxygen atoms in total. The summed E-state index contributed by atoms with van der Waals surface area (Å²) in [5, 5.41) is 3.12. The third-order valence-electron chi connectivity index (χ3n) is 8.76. The van der Waals surface area contributed by atoms with Gasteiger partial charge in [0.05, 0.1) is 12.1 Å². The maximum absolute atomic E-state index is 12.6.